The van der Waals surface area contributed by atoms with Gasteiger partial charge in [0.15, 0.2) is 5.11 Å². The minimum absolute atomic E-state index is 0.110. The molecule has 164 valence electrons. The third kappa shape index (κ3) is 4.81. The number of carbonyl (C=O) groups is 2. The maximum Gasteiger partial charge on any atom is 0.341 e. The molecule has 0 spiro atoms. The summed E-state index contributed by atoms with van der Waals surface area (Å²) in [5, 5.41) is 11.5. The number of esters is 1. The number of thiophene rings is 1. The Labute approximate surface area is 186 Å². The summed E-state index contributed by atoms with van der Waals surface area (Å²) in [6.07, 6.45) is 0. The van der Waals surface area contributed by atoms with Gasteiger partial charge in [-0.15, -0.1) is 11.3 Å². The molecule has 0 unspecified atom stereocenters. The van der Waals surface area contributed by atoms with Crippen LogP contribution in [0.1, 0.15) is 56.4 Å². The van der Waals surface area contributed by atoms with Gasteiger partial charge in [0, 0.05) is 37.9 Å². The van der Waals surface area contributed by atoms with E-state index in [4.69, 9.17) is 17.0 Å². The number of rotatable bonds is 7. The van der Waals surface area contributed by atoms with Crippen molar-refractivity contribution in [3.05, 3.63) is 33.0 Å². The predicted octanol–water partition coefficient (Wildman–Crippen LogP) is 3.16. The van der Waals surface area contributed by atoms with Crippen molar-refractivity contribution >= 4 is 45.5 Å². The van der Waals surface area contributed by atoms with Gasteiger partial charge in [-0.05, 0) is 52.4 Å². The first-order chi connectivity index (χ1) is 14.2. The zero-order valence-electron chi connectivity index (χ0n) is 18.5. The van der Waals surface area contributed by atoms with Crippen LogP contribution in [0.2, 0.25) is 0 Å². The van der Waals surface area contributed by atoms with Gasteiger partial charge in [0.25, 0.3) is 5.91 Å². The summed E-state index contributed by atoms with van der Waals surface area (Å²) < 4.78 is 6.76. The van der Waals surface area contributed by atoms with Crippen LogP contribution in [0.5, 0.6) is 0 Å². The number of aromatic nitrogens is 2. The zero-order valence-corrected chi connectivity index (χ0v) is 20.1. The second-order valence-corrected chi connectivity index (χ2v) is 8.24. The fourth-order valence-electron chi connectivity index (χ4n) is 3.20. The smallest absolute Gasteiger partial charge is 0.341 e. The van der Waals surface area contributed by atoms with Crippen molar-refractivity contribution < 1.29 is 14.3 Å². The number of carbonyl (C=O) groups excluding carboxylic acids is 2. The van der Waals surface area contributed by atoms with E-state index in [2.05, 4.69) is 15.7 Å². The monoisotopic (exact) mass is 451 g/mol. The quantitative estimate of drug-likeness (QED) is 0.494. The molecule has 0 bridgehead atoms. The van der Waals surface area contributed by atoms with Gasteiger partial charge in [-0.1, -0.05) is 0 Å². The van der Waals surface area contributed by atoms with Crippen molar-refractivity contribution in [2.24, 2.45) is 7.05 Å². The van der Waals surface area contributed by atoms with Gasteiger partial charge in [0.1, 0.15) is 5.00 Å². The maximum absolute atomic E-state index is 12.9. The van der Waals surface area contributed by atoms with Gasteiger partial charge in [-0.3, -0.25) is 9.48 Å². The maximum atomic E-state index is 12.9. The van der Waals surface area contributed by atoms with Crippen LogP contribution in [-0.4, -0.2) is 51.9 Å². The van der Waals surface area contributed by atoms with Gasteiger partial charge in [0.05, 0.1) is 23.2 Å². The summed E-state index contributed by atoms with van der Waals surface area (Å²) in [6, 6.07) is 0. The summed E-state index contributed by atoms with van der Waals surface area (Å²) in [6.45, 7) is 11.2. The standard InChI is InChI=1S/C20H29N5O3S2/c1-8-25(9-2)18(26)16-11(3)15(19(27)28-7)17(30-16)22-20(29)21-10-14-12(4)23-24(6)13(14)5/h8-10H2,1-7H3,(H2,21,22,29). The SMILES string of the molecule is CCN(CC)C(=O)c1sc(NC(=S)NCc2c(C)nn(C)c2C)c(C(=O)OC)c1C. The Kier molecular flexibility index (Phi) is 7.96. The lowest BCUT2D eigenvalue weighted by Gasteiger charge is -2.17. The molecule has 30 heavy (non-hydrogen) atoms. The van der Waals surface area contributed by atoms with Gasteiger partial charge >= 0.3 is 5.97 Å². The molecule has 2 aromatic heterocycles. The van der Waals surface area contributed by atoms with Crippen LogP contribution in [0, 0.1) is 20.8 Å². The summed E-state index contributed by atoms with van der Waals surface area (Å²) in [7, 11) is 3.22. The molecule has 2 rings (SSSR count). The first-order valence-electron chi connectivity index (χ1n) is 9.70. The van der Waals surface area contributed by atoms with E-state index in [0.29, 0.717) is 45.8 Å². The van der Waals surface area contributed by atoms with Gasteiger partial charge in [-0.25, -0.2) is 4.79 Å². The van der Waals surface area contributed by atoms with Crippen molar-refractivity contribution in [2.75, 3.05) is 25.5 Å². The minimum Gasteiger partial charge on any atom is -0.465 e. The number of thiocarbonyl (C=S) groups is 1. The summed E-state index contributed by atoms with van der Waals surface area (Å²) in [4.78, 5) is 27.5. The fraction of sp³-hybridized carbons (Fsp3) is 0.500. The molecule has 0 aliphatic heterocycles. The Balaban J connectivity index is 2.26. The van der Waals surface area contributed by atoms with Gasteiger partial charge < -0.3 is 20.3 Å². The zero-order chi connectivity index (χ0) is 22.6. The number of hydrogen-bond acceptors (Lipinski definition) is 6. The van der Waals surface area contributed by atoms with Crippen molar-refractivity contribution in [3.63, 3.8) is 0 Å². The third-order valence-corrected chi connectivity index (χ3v) is 6.53. The van der Waals surface area contributed by atoms with E-state index in [9.17, 15) is 9.59 Å². The molecule has 0 radical (unpaired) electrons. The number of nitrogens with one attached hydrogen (secondary N) is 2. The molecule has 2 N–H and O–H groups in total. The molecule has 2 aromatic rings. The molecule has 0 aromatic carbocycles. The molecule has 2 heterocycles. The molecule has 0 atom stereocenters. The van der Waals surface area contributed by atoms with Crippen molar-refractivity contribution in [1.82, 2.24) is 20.0 Å². The van der Waals surface area contributed by atoms with Crippen LogP contribution in [0.3, 0.4) is 0 Å². The molecular formula is C20H29N5O3S2. The van der Waals surface area contributed by atoms with E-state index >= 15 is 0 Å². The van der Waals surface area contributed by atoms with Crippen molar-refractivity contribution in [3.8, 4) is 0 Å². The first kappa shape index (κ1) is 23.8. The van der Waals surface area contributed by atoms with E-state index in [-0.39, 0.29) is 5.91 Å². The number of aryl methyl sites for hydroxylation is 2. The highest BCUT2D eigenvalue weighted by Crippen LogP contribution is 2.34. The molecule has 0 aliphatic carbocycles. The Morgan fingerprint density at radius 3 is 2.37 bits per heavy atom. The average molecular weight is 452 g/mol. The van der Waals surface area contributed by atoms with Crippen molar-refractivity contribution in [1.29, 1.82) is 0 Å². The lowest BCUT2D eigenvalue weighted by Crippen LogP contribution is -2.30. The summed E-state index contributed by atoms with van der Waals surface area (Å²) in [5.41, 5.74) is 3.97. The highest BCUT2D eigenvalue weighted by molar-refractivity contribution is 7.80. The Morgan fingerprint density at radius 1 is 1.23 bits per heavy atom. The lowest BCUT2D eigenvalue weighted by molar-refractivity contribution is 0.0601. The van der Waals surface area contributed by atoms with Crippen LogP contribution in [-0.2, 0) is 18.3 Å². The molecule has 0 aliphatic rings. The van der Waals surface area contributed by atoms with Crippen LogP contribution in [0.25, 0.3) is 0 Å². The lowest BCUT2D eigenvalue weighted by atomic mass is 10.1. The normalized spacial score (nSPS) is 10.6. The van der Waals surface area contributed by atoms with Crippen LogP contribution < -0.4 is 10.6 Å². The Hall–Kier alpha value is -2.46. The van der Waals surface area contributed by atoms with Gasteiger partial charge in [0.2, 0.25) is 0 Å². The second kappa shape index (κ2) is 10.0. The average Bonchev–Trinajstić information content (AvgIpc) is 3.15. The largest absolute Gasteiger partial charge is 0.465 e. The second-order valence-electron chi connectivity index (χ2n) is 6.81. The number of anilines is 1. The molecular weight excluding hydrogens is 422 g/mol. The predicted molar refractivity (Wildman–Crippen MR) is 123 cm³/mol. The number of methoxy groups -OCH3 is 1. The number of ether oxygens (including phenoxy) is 1. The Morgan fingerprint density at radius 2 is 1.87 bits per heavy atom. The topological polar surface area (TPSA) is 88.5 Å². The van der Waals surface area contributed by atoms with Gasteiger partial charge in [-0.2, -0.15) is 5.10 Å². The van der Waals surface area contributed by atoms with E-state index < -0.39 is 5.97 Å². The highest BCUT2D eigenvalue weighted by atomic mass is 32.1. The first-order valence-corrected chi connectivity index (χ1v) is 10.9. The third-order valence-electron chi connectivity index (χ3n) is 5.09. The van der Waals surface area contributed by atoms with Crippen molar-refractivity contribution in [2.45, 2.75) is 41.2 Å². The Bertz CT molecular complexity index is 960. The highest BCUT2D eigenvalue weighted by Gasteiger charge is 2.27. The molecule has 1 amide bonds. The molecule has 8 nitrogen and oxygen atoms in total. The molecule has 0 saturated heterocycles. The summed E-state index contributed by atoms with van der Waals surface area (Å²) in [5.74, 6) is -0.618. The van der Waals surface area contributed by atoms with E-state index in [1.54, 1.807) is 11.8 Å². The van der Waals surface area contributed by atoms with Crippen LogP contribution in [0.4, 0.5) is 5.00 Å². The molecule has 0 fully saturated rings. The number of nitrogens with zero attached hydrogens (tertiary/aromatic N) is 3. The van der Waals surface area contributed by atoms with E-state index in [1.165, 1.54) is 18.4 Å². The minimum atomic E-state index is -0.508. The van der Waals surface area contributed by atoms with E-state index in [0.717, 1.165) is 17.0 Å². The number of amides is 1. The molecule has 0 saturated carbocycles. The molecule has 10 heteroatoms. The van der Waals surface area contributed by atoms with E-state index in [1.807, 2.05) is 39.4 Å². The summed E-state index contributed by atoms with van der Waals surface area (Å²) >= 11 is 6.65. The fourth-order valence-corrected chi connectivity index (χ4v) is 4.60. The van der Waals surface area contributed by atoms with Crippen LogP contribution in [0.15, 0.2) is 0 Å². The number of hydrogen-bond donors (Lipinski definition) is 2. The van der Waals surface area contributed by atoms with Crippen LogP contribution >= 0.6 is 23.6 Å².